The van der Waals surface area contributed by atoms with Crippen molar-refractivity contribution < 1.29 is 14.0 Å². The second kappa shape index (κ2) is 7.73. The number of carbonyl (C=O) groups is 2. The maximum absolute atomic E-state index is 11.4. The number of hydrogen-bond acceptors (Lipinski definition) is 3. The summed E-state index contributed by atoms with van der Waals surface area (Å²) in [6.07, 6.45) is 2.53. The minimum Gasteiger partial charge on any atom is -0.469 e. The average molecular weight is 259 g/mol. The van der Waals surface area contributed by atoms with Gasteiger partial charge in [-0.15, -0.1) is 11.6 Å². The van der Waals surface area contributed by atoms with Crippen molar-refractivity contribution in [2.45, 2.75) is 12.8 Å². The Morgan fingerprint density at radius 1 is 1.24 bits per heavy atom. The highest BCUT2D eigenvalue weighted by atomic mass is 35.5. The first-order valence-electron chi connectivity index (χ1n) is 5.34. The number of nitrogens with one attached hydrogen (secondary N) is 2. The van der Waals surface area contributed by atoms with Gasteiger partial charge >= 0.3 is 0 Å². The van der Waals surface area contributed by atoms with Gasteiger partial charge in [0.1, 0.15) is 11.6 Å². The summed E-state index contributed by atoms with van der Waals surface area (Å²) in [5.74, 6) is 0.417. The van der Waals surface area contributed by atoms with E-state index in [-0.39, 0.29) is 17.7 Å². The van der Waals surface area contributed by atoms with Crippen LogP contribution in [0.2, 0.25) is 0 Å². The summed E-state index contributed by atoms with van der Waals surface area (Å²) in [4.78, 5) is 22.1. The molecule has 0 aliphatic rings. The van der Waals surface area contributed by atoms with Crippen molar-refractivity contribution in [2.75, 3.05) is 19.0 Å². The van der Waals surface area contributed by atoms with Gasteiger partial charge in [-0.1, -0.05) is 0 Å². The van der Waals surface area contributed by atoms with Gasteiger partial charge in [0.2, 0.25) is 11.8 Å². The van der Waals surface area contributed by atoms with Crippen molar-refractivity contribution in [3.05, 3.63) is 24.2 Å². The zero-order valence-corrected chi connectivity index (χ0v) is 10.1. The van der Waals surface area contributed by atoms with Crippen LogP contribution in [0.4, 0.5) is 0 Å². The van der Waals surface area contributed by atoms with Gasteiger partial charge in [0.25, 0.3) is 0 Å². The minimum absolute atomic E-state index is 0.0631. The molecule has 0 atom stereocenters. The molecule has 0 saturated carbocycles. The third kappa shape index (κ3) is 5.97. The van der Waals surface area contributed by atoms with Crippen LogP contribution in [-0.2, 0) is 16.0 Å². The van der Waals surface area contributed by atoms with Crippen LogP contribution in [-0.4, -0.2) is 30.8 Å². The molecule has 0 bridgehead atoms. The standard InChI is InChI=1S/C11H15ClN2O3/c12-8-11(16)14-6-5-13-10(15)4-3-9-2-1-7-17-9/h1-2,7H,3-6,8H2,(H,13,15)(H,14,16). The summed E-state index contributed by atoms with van der Waals surface area (Å²) >= 11 is 5.29. The van der Waals surface area contributed by atoms with Crippen molar-refractivity contribution >= 4 is 23.4 Å². The first-order chi connectivity index (χ1) is 8.22. The summed E-state index contributed by atoms with van der Waals surface area (Å²) in [7, 11) is 0. The normalized spacial score (nSPS) is 9.94. The molecule has 0 radical (unpaired) electrons. The summed E-state index contributed by atoms with van der Waals surface area (Å²) < 4.78 is 5.10. The van der Waals surface area contributed by atoms with Crippen molar-refractivity contribution in [1.29, 1.82) is 0 Å². The molecule has 0 unspecified atom stereocenters. The fraction of sp³-hybridized carbons (Fsp3) is 0.455. The molecule has 94 valence electrons. The van der Waals surface area contributed by atoms with E-state index in [9.17, 15) is 9.59 Å². The highest BCUT2D eigenvalue weighted by Gasteiger charge is 2.03. The molecule has 0 spiro atoms. The zero-order chi connectivity index (χ0) is 12.5. The monoisotopic (exact) mass is 258 g/mol. The number of furan rings is 1. The third-order valence-electron chi connectivity index (χ3n) is 2.07. The Hall–Kier alpha value is -1.49. The van der Waals surface area contributed by atoms with Gasteiger partial charge in [0.05, 0.1) is 6.26 Å². The number of carbonyl (C=O) groups excluding carboxylic acids is 2. The van der Waals surface area contributed by atoms with E-state index in [1.54, 1.807) is 12.3 Å². The topological polar surface area (TPSA) is 71.3 Å². The summed E-state index contributed by atoms with van der Waals surface area (Å²) in [5, 5.41) is 5.24. The molecule has 1 rings (SSSR count). The first kappa shape index (κ1) is 13.6. The lowest BCUT2D eigenvalue weighted by atomic mass is 10.2. The number of hydrogen-bond donors (Lipinski definition) is 2. The second-order valence-electron chi connectivity index (χ2n) is 3.41. The maximum Gasteiger partial charge on any atom is 0.234 e. The molecule has 0 aliphatic carbocycles. The van der Waals surface area contributed by atoms with Gasteiger partial charge in [-0.3, -0.25) is 9.59 Å². The second-order valence-corrected chi connectivity index (χ2v) is 3.68. The maximum atomic E-state index is 11.4. The molecule has 1 heterocycles. The van der Waals surface area contributed by atoms with Crippen LogP contribution >= 0.6 is 11.6 Å². The van der Waals surface area contributed by atoms with Crippen LogP contribution in [0.3, 0.4) is 0 Å². The van der Waals surface area contributed by atoms with Gasteiger partial charge in [0.15, 0.2) is 0 Å². The van der Waals surface area contributed by atoms with E-state index < -0.39 is 0 Å². The van der Waals surface area contributed by atoms with E-state index >= 15 is 0 Å². The molecule has 1 aromatic heterocycles. The summed E-state index contributed by atoms with van der Waals surface area (Å²) in [6, 6.07) is 3.61. The number of amides is 2. The summed E-state index contributed by atoms with van der Waals surface area (Å²) in [5.41, 5.74) is 0. The molecule has 0 aromatic carbocycles. The third-order valence-corrected chi connectivity index (χ3v) is 2.31. The SMILES string of the molecule is O=C(CCl)NCCNC(=O)CCc1ccco1. The molecular weight excluding hydrogens is 244 g/mol. The Morgan fingerprint density at radius 2 is 1.94 bits per heavy atom. The Labute approximate surface area is 105 Å². The number of aryl methyl sites for hydroxylation is 1. The average Bonchev–Trinajstić information content (AvgIpc) is 2.84. The molecule has 0 fully saturated rings. The molecule has 2 amide bonds. The Bertz CT molecular complexity index is 352. The predicted octanol–water partition coefficient (Wildman–Crippen LogP) is 0.683. The molecule has 5 nitrogen and oxygen atoms in total. The molecule has 0 saturated heterocycles. The van der Waals surface area contributed by atoms with E-state index in [0.29, 0.717) is 25.9 Å². The fourth-order valence-electron chi connectivity index (χ4n) is 1.23. The lowest BCUT2D eigenvalue weighted by Crippen LogP contribution is -2.35. The number of halogens is 1. The van der Waals surface area contributed by atoms with Crippen LogP contribution in [0, 0.1) is 0 Å². The van der Waals surface area contributed by atoms with Crippen LogP contribution in [0.25, 0.3) is 0 Å². The Kier molecular flexibility index (Phi) is 6.17. The molecule has 6 heteroatoms. The van der Waals surface area contributed by atoms with Crippen LogP contribution in [0.1, 0.15) is 12.2 Å². The lowest BCUT2D eigenvalue weighted by Gasteiger charge is -2.05. The van der Waals surface area contributed by atoms with Gasteiger partial charge in [0, 0.05) is 25.9 Å². The van der Waals surface area contributed by atoms with Crippen LogP contribution < -0.4 is 10.6 Å². The van der Waals surface area contributed by atoms with Gasteiger partial charge in [-0.25, -0.2) is 0 Å². The predicted molar refractivity (Wildman–Crippen MR) is 63.8 cm³/mol. The van der Waals surface area contributed by atoms with E-state index in [2.05, 4.69) is 10.6 Å². The Balaban J connectivity index is 2.03. The lowest BCUT2D eigenvalue weighted by molar-refractivity contribution is -0.122. The molecule has 17 heavy (non-hydrogen) atoms. The van der Waals surface area contributed by atoms with Crippen molar-refractivity contribution in [3.8, 4) is 0 Å². The smallest absolute Gasteiger partial charge is 0.234 e. The number of rotatable bonds is 7. The quantitative estimate of drug-likeness (QED) is 0.558. The van der Waals surface area contributed by atoms with Gasteiger partial charge < -0.3 is 15.1 Å². The van der Waals surface area contributed by atoms with Crippen molar-refractivity contribution in [1.82, 2.24) is 10.6 Å². The van der Waals surface area contributed by atoms with Gasteiger partial charge in [-0.05, 0) is 12.1 Å². The number of alkyl halides is 1. The van der Waals surface area contributed by atoms with Gasteiger partial charge in [-0.2, -0.15) is 0 Å². The van der Waals surface area contributed by atoms with Crippen molar-refractivity contribution in [3.63, 3.8) is 0 Å². The van der Waals surface area contributed by atoms with E-state index in [0.717, 1.165) is 5.76 Å². The van der Waals surface area contributed by atoms with E-state index in [1.165, 1.54) is 0 Å². The Morgan fingerprint density at radius 3 is 2.53 bits per heavy atom. The van der Waals surface area contributed by atoms with E-state index in [4.69, 9.17) is 16.0 Å². The molecule has 1 aromatic rings. The van der Waals surface area contributed by atoms with Crippen LogP contribution in [0.5, 0.6) is 0 Å². The largest absolute Gasteiger partial charge is 0.469 e. The fourth-order valence-corrected chi connectivity index (χ4v) is 1.33. The summed E-state index contributed by atoms with van der Waals surface area (Å²) in [6.45, 7) is 0.789. The molecule has 0 aliphatic heterocycles. The molecular formula is C11H15ClN2O3. The highest BCUT2D eigenvalue weighted by Crippen LogP contribution is 2.02. The highest BCUT2D eigenvalue weighted by molar-refractivity contribution is 6.27. The molecule has 2 N–H and O–H groups in total. The first-order valence-corrected chi connectivity index (χ1v) is 5.87. The van der Waals surface area contributed by atoms with Crippen LogP contribution in [0.15, 0.2) is 22.8 Å². The zero-order valence-electron chi connectivity index (χ0n) is 9.37. The minimum atomic E-state index is -0.239. The van der Waals surface area contributed by atoms with E-state index in [1.807, 2.05) is 6.07 Å². The van der Waals surface area contributed by atoms with Crippen molar-refractivity contribution in [2.24, 2.45) is 0 Å².